The standard InChI is InChI=1S/C23H22ClN5O2/c1-16-7-8-19(13-20(16)24)29-22(30)10-9-21(27-29)23(31)25-14-17-5-2-3-6-18(17)15-28-12-4-11-26-28/h2-8,11-13H,9-10,14-15H2,1H3,(H,25,31). The molecule has 0 bridgehead atoms. The normalized spacial score (nSPS) is 13.8. The molecular formula is C23H22ClN5O2. The summed E-state index contributed by atoms with van der Waals surface area (Å²) in [4.78, 5) is 25.2. The van der Waals surface area contributed by atoms with Gasteiger partial charge in [-0.3, -0.25) is 14.3 Å². The number of hydrazone groups is 1. The zero-order chi connectivity index (χ0) is 21.8. The van der Waals surface area contributed by atoms with Gasteiger partial charge >= 0.3 is 0 Å². The Morgan fingerprint density at radius 2 is 1.94 bits per heavy atom. The SMILES string of the molecule is Cc1ccc(N2N=C(C(=O)NCc3ccccc3Cn3cccn3)CCC2=O)cc1Cl. The van der Waals surface area contributed by atoms with Crippen molar-refractivity contribution in [3.63, 3.8) is 0 Å². The van der Waals surface area contributed by atoms with Crippen molar-refractivity contribution in [1.29, 1.82) is 0 Å². The van der Waals surface area contributed by atoms with Crippen molar-refractivity contribution >= 4 is 34.8 Å². The van der Waals surface area contributed by atoms with Crippen LogP contribution in [0.3, 0.4) is 0 Å². The summed E-state index contributed by atoms with van der Waals surface area (Å²) in [6, 6.07) is 15.1. The zero-order valence-corrected chi connectivity index (χ0v) is 17.8. The number of carbonyl (C=O) groups excluding carboxylic acids is 2. The highest BCUT2D eigenvalue weighted by molar-refractivity contribution is 6.40. The Labute approximate surface area is 185 Å². The highest BCUT2D eigenvalue weighted by Crippen LogP contribution is 2.26. The van der Waals surface area contributed by atoms with E-state index in [4.69, 9.17) is 11.6 Å². The minimum Gasteiger partial charge on any atom is -0.347 e. The second-order valence-corrected chi connectivity index (χ2v) is 7.75. The lowest BCUT2D eigenvalue weighted by Gasteiger charge is -2.23. The van der Waals surface area contributed by atoms with Gasteiger partial charge in [0.2, 0.25) is 5.91 Å². The second kappa shape index (κ2) is 9.14. The number of carbonyl (C=O) groups is 2. The van der Waals surface area contributed by atoms with Gasteiger partial charge < -0.3 is 5.32 Å². The minimum atomic E-state index is -0.287. The number of anilines is 1. The smallest absolute Gasteiger partial charge is 0.267 e. The average Bonchev–Trinajstić information content (AvgIpc) is 3.28. The molecule has 0 fully saturated rings. The van der Waals surface area contributed by atoms with Crippen LogP contribution in [0.2, 0.25) is 5.02 Å². The van der Waals surface area contributed by atoms with Gasteiger partial charge in [0.05, 0.1) is 12.2 Å². The fraction of sp³-hybridized carbons (Fsp3) is 0.217. The number of hydrogen-bond acceptors (Lipinski definition) is 4. The Balaban J connectivity index is 1.47. The average molecular weight is 436 g/mol. The Morgan fingerprint density at radius 1 is 1.13 bits per heavy atom. The molecule has 0 atom stereocenters. The van der Waals surface area contributed by atoms with E-state index in [9.17, 15) is 9.59 Å². The first-order valence-corrected chi connectivity index (χ1v) is 10.4. The van der Waals surface area contributed by atoms with E-state index in [1.165, 1.54) is 5.01 Å². The molecule has 1 aliphatic rings. The molecule has 1 aromatic heterocycles. The van der Waals surface area contributed by atoms with Crippen LogP contribution in [0.15, 0.2) is 66.0 Å². The number of nitrogens with zero attached hydrogens (tertiary/aromatic N) is 4. The van der Waals surface area contributed by atoms with Gasteiger partial charge in [-0.05, 0) is 41.8 Å². The van der Waals surface area contributed by atoms with Gasteiger partial charge in [0.25, 0.3) is 5.91 Å². The van der Waals surface area contributed by atoms with Crippen LogP contribution in [0.4, 0.5) is 5.69 Å². The van der Waals surface area contributed by atoms with E-state index in [0.717, 1.165) is 16.7 Å². The molecule has 31 heavy (non-hydrogen) atoms. The van der Waals surface area contributed by atoms with Crippen molar-refractivity contribution in [2.75, 3.05) is 5.01 Å². The van der Waals surface area contributed by atoms with E-state index in [1.54, 1.807) is 18.3 Å². The van der Waals surface area contributed by atoms with Gasteiger partial charge in [0.15, 0.2) is 0 Å². The largest absolute Gasteiger partial charge is 0.347 e. The van der Waals surface area contributed by atoms with Crippen molar-refractivity contribution < 1.29 is 9.59 Å². The summed E-state index contributed by atoms with van der Waals surface area (Å²) >= 11 is 6.19. The van der Waals surface area contributed by atoms with Crippen molar-refractivity contribution in [2.45, 2.75) is 32.9 Å². The van der Waals surface area contributed by atoms with Crippen molar-refractivity contribution in [3.8, 4) is 0 Å². The lowest BCUT2D eigenvalue weighted by Crippen LogP contribution is -2.39. The third-order valence-electron chi connectivity index (χ3n) is 5.14. The van der Waals surface area contributed by atoms with Gasteiger partial charge in [-0.2, -0.15) is 10.2 Å². The predicted molar refractivity (Wildman–Crippen MR) is 120 cm³/mol. The number of aryl methyl sites for hydroxylation is 1. The lowest BCUT2D eigenvalue weighted by atomic mass is 10.1. The maximum Gasteiger partial charge on any atom is 0.267 e. The molecule has 3 aromatic rings. The minimum absolute atomic E-state index is 0.166. The Hall–Kier alpha value is -3.45. The molecule has 2 amide bonds. The van der Waals surface area contributed by atoms with Crippen LogP contribution < -0.4 is 10.3 Å². The van der Waals surface area contributed by atoms with E-state index >= 15 is 0 Å². The summed E-state index contributed by atoms with van der Waals surface area (Å²) < 4.78 is 1.84. The monoisotopic (exact) mass is 435 g/mol. The molecule has 1 N–H and O–H groups in total. The molecule has 0 saturated carbocycles. The molecule has 0 aliphatic carbocycles. The maximum atomic E-state index is 12.8. The van der Waals surface area contributed by atoms with Crippen LogP contribution in [0.25, 0.3) is 0 Å². The molecule has 8 heteroatoms. The van der Waals surface area contributed by atoms with Gasteiger partial charge in [0, 0.05) is 36.8 Å². The molecule has 0 radical (unpaired) electrons. The van der Waals surface area contributed by atoms with Crippen LogP contribution in [-0.2, 0) is 22.7 Å². The molecule has 2 aromatic carbocycles. The van der Waals surface area contributed by atoms with Crippen LogP contribution in [-0.4, -0.2) is 27.3 Å². The summed E-state index contributed by atoms with van der Waals surface area (Å²) in [7, 11) is 0. The molecule has 0 saturated heterocycles. The first-order valence-electron chi connectivity index (χ1n) is 10.0. The van der Waals surface area contributed by atoms with Crippen molar-refractivity contribution in [1.82, 2.24) is 15.1 Å². The zero-order valence-electron chi connectivity index (χ0n) is 17.1. The summed E-state index contributed by atoms with van der Waals surface area (Å²) in [6.07, 6.45) is 4.15. The van der Waals surface area contributed by atoms with Crippen LogP contribution in [0.5, 0.6) is 0 Å². The number of aromatic nitrogens is 2. The number of halogens is 1. The maximum absolute atomic E-state index is 12.8. The Bertz CT molecular complexity index is 1140. The topological polar surface area (TPSA) is 79.6 Å². The van der Waals surface area contributed by atoms with Gasteiger partial charge in [0.1, 0.15) is 5.71 Å². The number of nitrogens with one attached hydrogen (secondary N) is 1. The van der Waals surface area contributed by atoms with E-state index in [-0.39, 0.29) is 18.2 Å². The highest BCUT2D eigenvalue weighted by atomic mass is 35.5. The molecule has 7 nitrogen and oxygen atoms in total. The number of hydrogen-bond donors (Lipinski definition) is 1. The van der Waals surface area contributed by atoms with Crippen LogP contribution in [0.1, 0.15) is 29.5 Å². The molecular weight excluding hydrogens is 414 g/mol. The van der Waals surface area contributed by atoms with E-state index in [1.807, 2.05) is 54.2 Å². The molecule has 4 rings (SSSR count). The second-order valence-electron chi connectivity index (χ2n) is 7.34. The summed E-state index contributed by atoms with van der Waals surface area (Å²) in [5, 5.41) is 13.3. The summed E-state index contributed by atoms with van der Waals surface area (Å²) in [5.74, 6) is -0.453. The first kappa shape index (κ1) is 20.8. The Morgan fingerprint density at radius 3 is 2.68 bits per heavy atom. The fourth-order valence-corrected chi connectivity index (χ4v) is 3.54. The predicted octanol–water partition coefficient (Wildman–Crippen LogP) is 3.69. The van der Waals surface area contributed by atoms with Gasteiger partial charge in [-0.1, -0.05) is 41.9 Å². The summed E-state index contributed by atoms with van der Waals surface area (Å²) in [6.45, 7) is 2.87. The quantitative estimate of drug-likeness (QED) is 0.641. The van der Waals surface area contributed by atoms with Crippen molar-refractivity contribution in [3.05, 3.63) is 82.6 Å². The molecule has 2 heterocycles. The third-order valence-corrected chi connectivity index (χ3v) is 5.55. The Kier molecular flexibility index (Phi) is 6.13. The highest BCUT2D eigenvalue weighted by Gasteiger charge is 2.26. The fourth-order valence-electron chi connectivity index (χ4n) is 3.36. The number of rotatable bonds is 6. The molecule has 0 spiro atoms. The molecule has 0 unspecified atom stereocenters. The van der Waals surface area contributed by atoms with Gasteiger partial charge in [-0.15, -0.1) is 0 Å². The number of amides is 2. The van der Waals surface area contributed by atoms with Crippen LogP contribution >= 0.6 is 11.6 Å². The van der Waals surface area contributed by atoms with Gasteiger partial charge in [-0.25, -0.2) is 5.01 Å². The first-order chi connectivity index (χ1) is 15.0. The third kappa shape index (κ3) is 4.83. The lowest BCUT2D eigenvalue weighted by molar-refractivity contribution is -0.119. The molecule has 1 aliphatic heterocycles. The van der Waals surface area contributed by atoms with Crippen molar-refractivity contribution in [2.24, 2.45) is 5.10 Å². The van der Waals surface area contributed by atoms with Crippen LogP contribution in [0, 0.1) is 6.92 Å². The van der Waals surface area contributed by atoms with E-state index < -0.39 is 0 Å². The van der Waals surface area contributed by atoms with E-state index in [2.05, 4.69) is 15.5 Å². The summed E-state index contributed by atoms with van der Waals surface area (Å²) in [5.41, 5.74) is 3.85. The van der Waals surface area contributed by atoms with E-state index in [0.29, 0.717) is 35.9 Å². The molecule has 158 valence electrons. The number of benzene rings is 2.